The van der Waals surface area contributed by atoms with Gasteiger partial charge < -0.3 is 5.32 Å². The summed E-state index contributed by atoms with van der Waals surface area (Å²) in [4.78, 5) is 16.2. The van der Waals surface area contributed by atoms with E-state index in [-0.39, 0.29) is 11.8 Å². The van der Waals surface area contributed by atoms with Gasteiger partial charge in [0.25, 0.3) is 0 Å². The summed E-state index contributed by atoms with van der Waals surface area (Å²) in [7, 11) is 0. The van der Waals surface area contributed by atoms with Crippen molar-refractivity contribution in [2.45, 2.75) is 19.3 Å². The van der Waals surface area contributed by atoms with Gasteiger partial charge in [-0.2, -0.15) is 0 Å². The van der Waals surface area contributed by atoms with E-state index in [1.54, 1.807) is 6.20 Å². The maximum atomic E-state index is 11.8. The minimum absolute atomic E-state index is 0.125. The van der Waals surface area contributed by atoms with Crippen LogP contribution in [0.5, 0.6) is 0 Å². The highest BCUT2D eigenvalue weighted by Gasteiger charge is 2.25. The summed E-state index contributed by atoms with van der Waals surface area (Å²) >= 11 is 0. The van der Waals surface area contributed by atoms with Gasteiger partial charge in [-0.1, -0.05) is 36.8 Å². The molecule has 96 valence electrons. The lowest BCUT2D eigenvalue weighted by Gasteiger charge is -2.23. The Hall–Kier alpha value is -2.16. The summed E-state index contributed by atoms with van der Waals surface area (Å²) in [6.07, 6.45) is 4.92. The number of carbonyl (C=O) groups is 1. The first kappa shape index (κ1) is 11.9. The summed E-state index contributed by atoms with van der Waals surface area (Å²) in [6, 6.07) is 13.9. The molecule has 1 saturated carbocycles. The molecular formula is C16H16N2O. The Kier molecular flexibility index (Phi) is 3.27. The van der Waals surface area contributed by atoms with Crippen molar-refractivity contribution < 1.29 is 4.79 Å². The van der Waals surface area contributed by atoms with Crippen LogP contribution >= 0.6 is 0 Å². The molecule has 3 heteroatoms. The normalized spacial score (nSPS) is 14.7. The van der Waals surface area contributed by atoms with Gasteiger partial charge in [0, 0.05) is 11.5 Å². The molecule has 0 aliphatic heterocycles. The smallest absolute Gasteiger partial charge is 0.227 e. The van der Waals surface area contributed by atoms with E-state index in [1.807, 2.05) is 42.5 Å². The van der Waals surface area contributed by atoms with Crippen LogP contribution < -0.4 is 5.32 Å². The van der Waals surface area contributed by atoms with Gasteiger partial charge in [0.1, 0.15) is 0 Å². The van der Waals surface area contributed by atoms with Crippen molar-refractivity contribution in [3.05, 3.63) is 48.7 Å². The topological polar surface area (TPSA) is 42.0 Å². The number of anilines is 1. The molecule has 1 aromatic heterocycles. The van der Waals surface area contributed by atoms with Gasteiger partial charge in [-0.25, -0.2) is 0 Å². The van der Waals surface area contributed by atoms with E-state index >= 15 is 0 Å². The molecule has 0 unspecified atom stereocenters. The third-order valence-electron chi connectivity index (χ3n) is 3.58. The van der Waals surface area contributed by atoms with Crippen molar-refractivity contribution in [3.8, 4) is 11.3 Å². The molecule has 1 heterocycles. The summed E-state index contributed by atoms with van der Waals surface area (Å²) in [5.41, 5.74) is 2.78. The zero-order valence-corrected chi connectivity index (χ0v) is 10.7. The van der Waals surface area contributed by atoms with Crippen LogP contribution in [-0.2, 0) is 4.79 Å². The molecule has 19 heavy (non-hydrogen) atoms. The van der Waals surface area contributed by atoms with Crippen LogP contribution in [0.15, 0.2) is 48.7 Å². The van der Waals surface area contributed by atoms with E-state index in [2.05, 4.69) is 10.3 Å². The standard InChI is InChI=1S/C16H16N2O/c19-16(13-7-4-8-13)18-14-9-10-15(17-11-14)12-5-2-1-3-6-12/h1-3,5-6,9-11,13H,4,7-8H2,(H,18,19). The fourth-order valence-corrected chi connectivity index (χ4v) is 2.16. The van der Waals surface area contributed by atoms with Crippen LogP contribution in [0.25, 0.3) is 11.3 Å². The van der Waals surface area contributed by atoms with Crippen LogP contribution in [0, 0.1) is 5.92 Å². The Morgan fingerprint density at radius 2 is 1.89 bits per heavy atom. The highest BCUT2D eigenvalue weighted by molar-refractivity contribution is 5.92. The molecule has 0 saturated heterocycles. The lowest BCUT2D eigenvalue weighted by molar-refractivity contribution is -0.122. The van der Waals surface area contributed by atoms with Crippen LogP contribution in [0.2, 0.25) is 0 Å². The number of benzene rings is 1. The van der Waals surface area contributed by atoms with Crippen LogP contribution in [0.3, 0.4) is 0 Å². The van der Waals surface area contributed by atoms with E-state index in [4.69, 9.17) is 0 Å². The van der Waals surface area contributed by atoms with Crippen molar-refractivity contribution >= 4 is 11.6 Å². The Labute approximate surface area is 112 Å². The second-order valence-corrected chi connectivity index (χ2v) is 4.92. The van der Waals surface area contributed by atoms with Crippen molar-refractivity contribution in [2.75, 3.05) is 5.32 Å². The van der Waals surface area contributed by atoms with Crippen molar-refractivity contribution in [1.82, 2.24) is 4.98 Å². The first-order valence-electron chi connectivity index (χ1n) is 6.65. The molecule has 1 aliphatic carbocycles. The summed E-state index contributed by atoms with van der Waals surface area (Å²) in [6.45, 7) is 0. The SMILES string of the molecule is O=C(Nc1ccc(-c2ccccc2)nc1)C1CCC1. The lowest BCUT2D eigenvalue weighted by atomic mass is 9.85. The number of hydrogen-bond acceptors (Lipinski definition) is 2. The minimum Gasteiger partial charge on any atom is -0.324 e. The number of pyridine rings is 1. The summed E-state index contributed by atoms with van der Waals surface area (Å²) in [5, 5.41) is 2.92. The number of nitrogens with zero attached hydrogens (tertiary/aromatic N) is 1. The van der Waals surface area contributed by atoms with Gasteiger partial charge in [0.05, 0.1) is 17.6 Å². The molecule has 1 fully saturated rings. The fraction of sp³-hybridized carbons (Fsp3) is 0.250. The second-order valence-electron chi connectivity index (χ2n) is 4.92. The van der Waals surface area contributed by atoms with E-state index < -0.39 is 0 Å². The predicted octanol–water partition coefficient (Wildman–Crippen LogP) is 3.49. The Morgan fingerprint density at radius 3 is 2.47 bits per heavy atom. The number of carbonyl (C=O) groups excluding carboxylic acids is 1. The Morgan fingerprint density at radius 1 is 1.11 bits per heavy atom. The second kappa shape index (κ2) is 5.22. The Bertz CT molecular complexity index is 559. The molecule has 0 radical (unpaired) electrons. The molecule has 1 N–H and O–H groups in total. The first-order valence-corrected chi connectivity index (χ1v) is 6.65. The van der Waals surface area contributed by atoms with Gasteiger partial charge >= 0.3 is 0 Å². The van der Waals surface area contributed by atoms with Crippen molar-refractivity contribution in [2.24, 2.45) is 5.92 Å². The average Bonchev–Trinajstić information content (AvgIpc) is 2.38. The third-order valence-corrected chi connectivity index (χ3v) is 3.58. The highest BCUT2D eigenvalue weighted by Crippen LogP contribution is 2.27. The number of amides is 1. The minimum atomic E-state index is 0.125. The zero-order valence-electron chi connectivity index (χ0n) is 10.7. The summed E-state index contributed by atoms with van der Waals surface area (Å²) in [5.74, 6) is 0.328. The van der Waals surface area contributed by atoms with Crippen LogP contribution in [0.4, 0.5) is 5.69 Å². The molecule has 1 aromatic carbocycles. The van der Waals surface area contributed by atoms with E-state index in [9.17, 15) is 4.79 Å². The van der Waals surface area contributed by atoms with E-state index in [0.29, 0.717) is 0 Å². The highest BCUT2D eigenvalue weighted by atomic mass is 16.1. The summed E-state index contributed by atoms with van der Waals surface area (Å²) < 4.78 is 0. The van der Waals surface area contributed by atoms with Gasteiger partial charge in [0.2, 0.25) is 5.91 Å². The van der Waals surface area contributed by atoms with Gasteiger partial charge in [-0.15, -0.1) is 0 Å². The van der Waals surface area contributed by atoms with Gasteiger partial charge in [-0.05, 0) is 25.0 Å². The number of rotatable bonds is 3. The Balaban J connectivity index is 1.70. The fourth-order valence-electron chi connectivity index (χ4n) is 2.16. The lowest BCUT2D eigenvalue weighted by Crippen LogP contribution is -2.28. The molecule has 0 atom stereocenters. The maximum Gasteiger partial charge on any atom is 0.227 e. The number of aromatic nitrogens is 1. The van der Waals surface area contributed by atoms with Crippen LogP contribution in [-0.4, -0.2) is 10.9 Å². The molecule has 1 amide bonds. The molecule has 0 spiro atoms. The van der Waals surface area contributed by atoms with E-state index in [0.717, 1.165) is 29.8 Å². The average molecular weight is 252 g/mol. The third kappa shape index (κ3) is 2.65. The molecule has 0 bridgehead atoms. The maximum absolute atomic E-state index is 11.8. The molecule has 2 aromatic rings. The first-order chi connectivity index (χ1) is 9.33. The van der Waals surface area contributed by atoms with E-state index in [1.165, 1.54) is 6.42 Å². The predicted molar refractivity (Wildman–Crippen MR) is 75.6 cm³/mol. The number of hydrogen-bond donors (Lipinski definition) is 1. The van der Waals surface area contributed by atoms with Crippen molar-refractivity contribution in [1.29, 1.82) is 0 Å². The molecular weight excluding hydrogens is 236 g/mol. The molecule has 3 rings (SSSR count). The molecule has 1 aliphatic rings. The van der Waals surface area contributed by atoms with Gasteiger partial charge in [0.15, 0.2) is 0 Å². The quantitative estimate of drug-likeness (QED) is 0.908. The largest absolute Gasteiger partial charge is 0.324 e. The van der Waals surface area contributed by atoms with Crippen LogP contribution in [0.1, 0.15) is 19.3 Å². The zero-order chi connectivity index (χ0) is 13.1. The molecule has 3 nitrogen and oxygen atoms in total. The van der Waals surface area contributed by atoms with Crippen molar-refractivity contribution in [3.63, 3.8) is 0 Å². The number of nitrogens with one attached hydrogen (secondary N) is 1. The van der Waals surface area contributed by atoms with Gasteiger partial charge in [-0.3, -0.25) is 9.78 Å². The monoisotopic (exact) mass is 252 g/mol.